The van der Waals surface area contributed by atoms with Crippen LogP contribution in [0.1, 0.15) is 0 Å². The van der Waals surface area contributed by atoms with Crippen molar-refractivity contribution in [2.75, 3.05) is 11.5 Å². The molecule has 0 amide bonds. The van der Waals surface area contributed by atoms with Crippen LogP contribution in [0.15, 0.2) is 0 Å². The van der Waals surface area contributed by atoms with E-state index in [1.165, 1.54) is 0 Å². The first-order chi connectivity index (χ1) is 3.95. The van der Waals surface area contributed by atoms with E-state index in [4.69, 9.17) is 0 Å². The monoisotopic (exact) mass is 205 g/mol. The van der Waals surface area contributed by atoms with E-state index in [9.17, 15) is 13.0 Å². The molecule has 0 bridgehead atoms. The molecule has 4 nitrogen and oxygen atoms in total. The van der Waals surface area contributed by atoms with Gasteiger partial charge >= 0.3 is 0 Å². The largest absolute Gasteiger partial charge is 0.748 e. The van der Waals surface area contributed by atoms with Crippen molar-refractivity contribution in [3.63, 3.8) is 0 Å². The van der Waals surface area contributed by atoms with Gasteiger partial charge in [0.15, 0.2) is 0 Å². The third-order valence-electron chi connectivity index (χ3n) is 0.607. The van der Waals surface area contributed by atoms with E-state index in [-0.39, 0.29) is 6.15 Å². The van der Waals surface area contributed by atoms with E-state index < -0.39 is 21.1 Å². The number of rotatable bonds is 3. The number of thiol groups is 2. The third-order valence-corrected chi connectivity index (χ3v) is 2.76. The molecule has 0 aromatic heterocycles. The summed E-state index contributed by atoms with van der Waals surface area (Å²) < 4.78 is 29.9. The highest BCUT2D eigenvalue weighted by Crippen LogP contribution is 2.00. The molecule has 0 radical (unpaired) electrons. The molecule has 0 aliphatic carbocycles. The van der Waals surface area contributed by atoms with E-state index in [2.05, 4.69) is 25.3 Å². The van der Waals surface area contributed by atoms with E-state index in [0.29, 0.717) is 5.75 Å². The molecule has 0 aromatic rings. The molecule has 0 heterocycles. The zero-order valence-corrected chi connectivity index (χ0v) is 8.12. The molecular formula is C3H11NO3S3. The van der Waals surface area contributed by atoms with Crippen LogP contribution in [-0.2, 0) is 10.1 Å². The van der Waals surface area contributed by atoms with Crippen LogP contribution < -0.4 is 6.15 Å². The normalized spacial score (nSPS) is 13.9. The molecular weight excluding hydrogens is 194 g/mol. The highest BCUT2D eigenvalue weighted by atomic mass is 32.2. The van der Waals surface area contributed by atoms with E-state index in [1.807, 2.05) is 0 Å². The predicted octanol–water partition coefficient (Wildman–Crippen LogP) is 0.136. The minimum atomic E-state index is -4.11. The topological polar surface area (TPSA) is 93.7 Å². The van der Waals surface area contributed by atoms with E-state index in [1.54, 1.807) is 0 Å². The van der Waals surface area contributed by atoms with Crippen molar-refractivity contribution in [3.05, 3.63) is 0 Å². The molecule has 0 fully saturated rings. The van der Waals surface area contributed by atoms with Crippen LogP contribution in [0, 0.1) is 0 Å². The average molecular weight is 205 g/mol. The van der Waals surface area contributed by atoms with Crippen molar-refractivity contribution in [2.45, 2.75) is 5.25 Å². The minimum absolute atomic E-state index is 0. The SMILES string of the molecule is O=S(=O)([O-])CC(S)CS.[NH4+]. The van der Waals surface area contributed by atoms with Crippen LogP contribution in [0.2, 0.25) is 0 Å². The zero-order chi connectivity index (χ0) is 7.49. The predicted molar refractivity (Wildman–Crippen MR) is 47.2 cm³/mol. The van der Waals surface area contributed by atoms with Gasteiger partial charge in [-0.15, -0.1) is 0 Å². The van der Waals surface area contributed by atoms with Crippen molar-refractivity contribution in [1.29, 1.82) is 0 Å². The first-order valence-electron chi connectivity index (χ1n) is 2.18. The van der Waals surface area contributed by atoms with Crippen LogP contribution in [0.5, 0.6) is 0 Å². The fourth-order valence-electron chi connectivity index (χ4n) is 0.288. The Labute approximate surface area is 71.5 Å². The van der Waals surface area contributed by atoms with Gasteiger partial charge in [-0.2, -0.15) is 25.3 Å². The fourth-order valence-corrected chi connectivity index (χ4v) is 1.73. The molecule has 0 saturated heterocycles. The molecule has 1 unspecified atom stereocenters. The van der Waals surface area contributed by atoms with Crippen LogP contribution in [0.25, 0.3) is 0 Å². The van der Waals surface area contributed by atoms with Gasteiger partial charge in [0.05, 0.1) is 15.9 Å². The fraction of sp³-hybridized carbons (Fsp3) is 1.00. The Kier molecular flexibility index (Phi) is 6.92. The Morgan fingerprint density at radius 3 is 2.00 bits per heavy atom. The maximum atomic E-state index is 9.96. The molecule has 0 rings (SSSR count). The summed E-state index contributed by atoms with van der Waals surface area (Å²) >= 11 is 7.52. The minimum Gasteiger partial charge on any atom is -0.748 e. The molecule has 0 aliphatic rings. The second-order valence-electron chi connectivity index (χ2n) is 1.56. The first kappa shape index (κ1) is 13.2. The zero-order valence-electron chi connectivity index (χ0n) is 5.52. The summed E-state index contributed by atoms with van der Waals surface area (Å²) in [7, 11) is -4.11. The number of hydrogen-bond acceptors (Lipinski definition) is 5. The molecule has 7 heteroatoms. The smallest absolute Gasteiger partial charge is 0.0957 e. The molecule has 0 aromatic carbocycles. The summed E-state index contributed by atoms with van der Waals surface area (Å²) in [5.41, 5.74) is 0. The summed E-state index contributed by atoms with van der Waals surface area (Å²) in [6, 6.07) is 0. The van der Waals surface area contributed by atoms with Crippen molar-refractivity contribution in [1.82, 2.24) is 6.15 Å². The van der Waals surface area contributed by atoms with Gasteiger partial charge in [-0.3, -0.25) is 0 Å². The highest BCUT2D eigenvalue weighted by molar-refractivity contribution is 7.89. The van der Waals surface area contributed by atoms with Crippen LogP contribution >= 0.6 is 25.3 Å². The van der Waals surface area contributed by atoms with Crippen molar-refractivity contribution in [3.8, 4) is 0 Å². The molecule has 1 atom stereocenters. The highest BCUT2D eigenvalue weighted by Gasteiger charge is 2.03. The lowest BCUT2D eigenvalue weighted by molar-refractivity contribution is 0.463. The molecule has 4 N–H and O–H groups in total. The van der Waals surface area contributed by atoms with Crippen molar-refractivity contribution < 1.29 is 13.0 Å². The summed E-state index contributed by atoms with van der Waals surface area (Å²) in [4.78, 5) is 0. The quantitative estimate of drug-likeness (QED) is 0.452. The van der Waals surface area contributed by atoms with Gasteiger partial charge in [-0.25, -0.2) is 8.42 Å². The van der Waals surface area contributed by atoms with Gasteiger partial charge in [0, 0.05) is 11.0 Å². The Bertz CT molecular complexity index is 166. The second kappa shape index (κ2) is 5.25. The number of quaternary nitrogens is 1. The van der Waals surface area contributed by atoms with Gasteiger partial charge in [-0.1, -0.05) is 0 Å². The van der Waals surface area contributed by atoms with Gasteiger partial charge < -0.3 is 10.7 Å². The standard InChI is InChI=1S/C3H8O3S3.H3N/c4-9(5,6)2-3(8)1-7;/h3,7-8H,1-2H2,(H,4,5,6);1H3. The van der Waals surface area contributed by atoms with E-state index in [0.717, 1.165) is 0 Å². The first-order valence-corrected chi connectivity index (χ1v) is 4.91. The summed E-state index contributed by atoms with van der Waals surface area (Å²) in [5.74, 6) is -0.149. The van der Waals surface area contributed by atoms with Gasteiger partial charge in [0.25, 0.3) is 0 Å². The molecule has 0 spiro atoms. The Hall–Kier alpha value is 0.570. The van der Waals surface area contributed by atoms with Crippen molar-refractivity contribution >= 4 is 35.4 Å². The van der Waals surface area contributed by atoms with Crippen molar-refractivity contribution in [2.24, 2.45) is 0 Å². The van der Waals surface area contributed by atoms with Crippen LogP contribution in [-0.4, -0.2) is 29.7 Å². The molecule has 0 aliphatic heterocycles. The third kappa shape index (κ3) is 8.57. The van der Waals surface area contributed by atoms with E-state index >= 15 is 0 Å². The lowest BCUT2D eigenvalue weighted by Crippen LogP contribution is -2.16. The van der Waals surface area contributed by atoms with Crippen LogP contribution in [0.3, 0.4) is 0 Å². The lowest BCUT2D eigenvalue weighted by Gasteiger charge is -2.09. The summed E-state index contributed by atoms with van der Waals surface area (Å²) in [5, 5.41) is -0.448. The maximum Gasteiger partial charge on any atom is 0.0957 e. The summed E-state index contributed by atoms with van der Waals surface area (Å²) in [6.07, 6.45) is 0. The molecule has 64 valence electrons. The summed E-state index contributed by atoms with van der Waals surface area (Å²) in [6.45, 7) is 0. The number of hydrogen-bond donors (Lipinski definition) is 3. The molecule has 0 saturated carbocycles. The Morgan fingerprint density at radius 1 is 1.50 bits per heavy atom. The van der Waals surface area contributed by atoms with Gasteiger partial charge in [0.2, 0.25) is 0 Å². The van der Waals surface area contributed by atoms with Gasteiger partial charge in [-0.05, 0) is 0 Å². The Morgan fingerprint density at radius 2 is 1.90 bits per heavy atom. The van der Waals surface area contributed by atoms with Crippen LogP contribution in [0.4, 0.5) is 0 Å². The maximum absolute atomic E-state index is 9.96. The Balaban J connectivity index is 0. The lowest BCUT2D eigenvalue weighted by atomic mass is 10.6. The molecule has 10 heavy (non-hydrogen) atoms. The second-order valence-corrected chi connectivity index (χ2v) is 4.10. The van der Waals surface area contributed by atoms with Gasteiger partial charge in [0.1, 0.15) is 0 Å². The average Bonchev–Trinajstić information content (AvgIpc) is 1.62.